The minimum absolute atomic E-state index is 0.0166. The molecule has 1 N–H and O–H groups in total. The Labute approximate surface area is 117 Å². The summed E-state index contributed by atoms with van der Waals surface area (Å²) in [6.07, 6.45) is 3.32. The molecule has 106 valence electrons. The number of nitrogens with zero attached hydrogens (tertiary/aromatic N) is 2. The van der Waals surface area contributed by atoms with Crippen LogP contribution in [0.3, 0.4) is 0 Å². The highest BCUT2D eigenvalue weighted by Crippen LogP contribution is 2.28. The lowest BCUT2D eigenvalue weighted by molar-refractivity contribution is -0.385. The van der Waals surface area contributed by atoms with E-state index >= 15 is 0 Å². The third-order valence-electron chi connectivity index (χ3n) is 3.08. The highest BCUT2D eigenvalue weighted by molar-refractivity contribution is 5.48. The monoisotopic (exact) mass is 275 g/mol. The third kappa shape index (κ3) is 4.21. The Balaban J connectivity index is 1.98. The number of nitrogens with one attached hydrogen (secondary N) is 1. The van der Waals surface area contributed by atoms with E-state index in [1.807, 2.05) is 12.1 Å². The van der Waals surface area contributed by atoms with Crippen molar-refractivity contribution in [3.63, 3.8) is 0 Å². The quantitative estimate of drug-likeness (QED) is 0.447. The zero-order valence-corrected chi connectivity index (χ0v) is 11.2. The number of nitro benzene ring substituents is 1. The maximum Gasteiger partial charge on any atom is 0.311 e. The van der Waals surface area contributed by atoms with Crippen LogP contribution < -0.4 is 10.1 Å². The predicted octanol–water partition coefficient (Wildman–Crippen LogP) is 2.53. The second-order valence-electron chi connectivity index (χ2n) is 4.82. The normalized spacial score (nSPS) is 13.8. The summed E-state index contributed by atoms with van der Waals surface area (Å²) in [5.41, 5.74) is 0.866. The second-order valence-corrected chi connectivity index (χ2v) is 4.82. The molecule has 1 aromatic carbocycles. The molecule has 6 nitrogen and oxygen atoms in total. The molecular formula is C14H17N3O3. The van der Waals surface area contributed by atoms with E-state index < -0.39 is 4.92 Å². The van der Waals surface area contributed by atoms with Gasteiger partial charge >= 0.3 is 5.69 Å². The molecule has 1 aliphatic carbocycles. The van der Waals surface area contributed by atoms with Gasteiger partial charge in [-0.1, -0.05) is 6.07 Å². The van der Waals surface area contributed by atoms with Gasteiger partial charge in [-0.25, -0.2) is 0 Å². The molecule has 0 unspecified atom stereocenters. The summed E-state index contributed by atoms with van der Waals surface area (Å²) in [5.74, 6) is 0.267. The van der Waals surface area contributed by atoms with Crippen LogP contribution >= 0.6 is 0 Å². The Hall–Kier alpha value is -2.13. The van der Waals surface area contributed by atoms with Gasteiger partial charge in [0, 0.05) is 25.1 Å². The summed E-state index contributed by atoms with van der Waals surface area (Å²) in [5, 5.41) is 22.8. The number of hydrogen-bond acceptors (Lipinski definition) is 5. The van der Waals surface area contributed by atoms with Crippen LogP contribution in [-0.4, -0.2) is 17.6 Å². The number of nitro groups is 1. The zero-order valence-electron chi connectivity index (χ0n) is 11.2. The maximum absolute atomic E-state index is 11.1. The van der Waals surface area contributed by atoms with Crippen LogP contribution in [0.4, 0.5) is 5.69 Å². The van der Waals surface area contributed by atoms with Gasteiger partial charge in [-0.3, -0.25) is 10.1 Å². The van der Waals surface area contributed by atoms with Crippen LogP contribution in [0.1, 0.15) is 31.2 Å². The van der Waals surface area contributed by atoms with E-state index in [-0.39, 0.29) is 11.4 Å². The fraction of sp³-hybridized carbons (Fsp3) is 0.500. The highest BCUT2D eigenvalue weighted by atomic mass is 16.6. The van der Waals surface area contributed by atoms with Gasteiger partial charge in [0.05, 0.1) is 17.6 Å². The fourth-order valence-corrected chi connectivity index (χ4v) is 1.82. The van der Waals surface area contributed by atoms with Gasteiger partial charge in [0.25, 0.3) is 0 Å². The van der Waals surface area contributed by atoms with Gasteiger partial charge in [0.15, 0.2) is 5.75 Å². The van der Waals surface area contributed by atoms with Crippen molar-refractivity contribution < 1.29 is 9.66 Å². The topological polar surface area (TPSA) is 88.2 Å². The number of unbranched alkanes of at least 4 members (excludes halogenated alkanes) is 1. The third-order valence-corrected chi connectivity index (χ3v) is 3.08. The average Bonchev–Trinajstić information content (AvgIpc) is 3.26. The smallest absolute Gasteiger partial charge is 0.311 e. The molecule has 0 bridgehead atoms. The SMILES string of the molecule is N#CCCCOc1ccc(CNC2CC2)cc1[N+](=O)[O-]. The molecule has 0 aromatic heterocycles. The molecule has 0 saturated heterocycles. The highest BCUT2D eigenvalue weighted by Gasteiger charge is 2.21. The molecule has 0 heterocycles. The van der Waals surface area contributed by atoms with Crippen molar-refractivity contribution in [2.24, 2.45) is 0 Å². The van der Waals surface area contributed by atoms with Crippen molar-refractivity contribution in [1.29, 1.82) is 5.26 Å². The molecule has 20 heavy (non-hydrogen) atoms. The van der Waals surface area contributed by atoms with Gasteiger partial charge in [0.1, 0.15) is 0 Å². The van der Waals surface area contributed by atoms with Gasteiger partial charge in [-0.2, -0.15) is 5.26 Å². The largest absolute Gasteiger partial charge is 0.487 e. The van der Waals surface area contributed by atoms with Gasteiger partial charge < -0.3 is 10.1 Å². The van der Waals surface area contributed by atoms with Crippen molar-refractivity contribution in [2.75, 3.05) is 6.61 Å². The van der Waals surface area contributed by atoms with Gasteiger partial charge in [-0.05, 0) is 30.9 Å². The van der Waals surface area contributed by atoms with Gasteiger partial charge in [-0.15, -0.1) is 0 Å². The summed E-state index contributed by atoms with van der Waals surface area (Å²) in [6, 6.07) is 7.60. The maximum atomic E-state index is 11.1. The van der Waals surface area contributed by atoms with Gasteiger partial charge in [0.2, 0.25) is 0 Å². The Morgan fingerprint density at radius 2 is 2.30 bits per heavy atom. The molecule has 1 fully saturated rings. The first-order valence-electron chi connectivity index (χ1n) is 6.71. The number of hydrogen-bond donors (Lipinski definition) is 1. The zero-order chi connectivity index (χ0) is 14.4. The molecular weight excluding hydrogens is 258 g/mol. The van der Waals surface area contributed by atoms with E-state index in [2.05, 4.69) is 5.32 Å². The van der Waals surface area contributed by atoms with Crippen LogP contribution in [0, 0.1) is 21.4 Å². The van der Waals surface area contributed by atoms with Crippen molar-refractivity contribution in [2.45, 2.75) is 38.3 Å². The molecule has 1 saturated carbocycles. The number of nitriles is 1. The Morgan fingerprint density at radius 3 is 2.95 bits per heavy atom. The van der Waals surface area contributed by atoms with Crippen LogP contribution in [0.15, 0.2) is 18.2 Å². The van der Waals surface area contributed by atoms with E-state index in [9.17, 15) is 10.1 Å². The summed E-state index contributed by atoms with van der Waals surface area (Å²) >= 11 is 0. The predicted molar refractivity (Wildman–Crippen MR) is 73.3 cm³/mol. The fourth-order valence-electron chi connectivity index (χ4n) is 1.82. The molecule has 0 amide bonds. The first-order chi connectivity index (χ1) is 9.70. The lowest BCUT2D eigenvalue weighted by atomic mass is 10.2. The first-order valence-corrected chi connectivity index (χ1v) is 6.71. The average molecular weight is 275 g/mol. The summed E-state index contributed by atoms with van der Waals surface area (Å²) < 4.78 is 5.38. The van der Waals surface area contributed by atoms with Crippen LogP contribution in [0.25, 0.3) is 0 Å². The van der Waals surface area contributed by atoms with Crippen LogP contribution in [-0.2, 0) is 6.54 Å². The summed E-state index contributed by atoms with van der Waals surface area (Å²) in [4.78, 5) is 10.6. The molecule has 0 atom stereocenters. The molecule has 0 spiro atoms. The van der Waals surface area contributed by atoms with Crippen molar-refractivity contribution in [1.82, 2.24) is 5.32 Å². The summed E-state index contributed by atoms with van der Waals surface area (Å²) in [7, 11) is 0. The number of ether oxygens (including phenoxy) is 1. The van der Waals surface area contributed by atoms with Crippen molar-refractivity contribution in [3.8, 4) is 11.8 Å². The Morgan fingerprint density at radius 1 is 1.50 bits per heavy atom. The van der Waals surface area contributed by atoms with E-state index in [4.69, 9.17) is 10.00 Å². The molecule has 1 aromatic rings. The van der Waals surface area contributed by atoms with Crippen molar-refractivity contribution >= 4 is 5.69 Å². The van der Waals surface area contributed by atoms with Crippen LogP contribution in [0.2, 0.25) is 0 Å². The molecule has 0 aliphatic heterocycles. The van der Waals surface area contributed by atoms with E-state index in [0.29, 0.717) is 32.0 Å². The lowest BCUT2D eigenvalue weighted by Crippen LogP contribution is -2.15. The minimum Gasteiger partial charge on any atom is -0.487 e. The van der Waals surface area contributed by atoms with E-state index in [0.717, 1.165) is 5.56 Å². The Bertz CT molecular complexity index is 521. The molecule has 6 heteroatoms. The van der Waals surface area contributed by atoms with E-state index in [1.54, 1.807) is 12.1 Å². The first kappa shape index (κ1) is 14.3. The Kier molecular flexibility index (Phi) is 4.91. The lowest BCUT2D eigenvalue weighted by Gasteiger charge is -2.08. The number of rotatable bonds is 8. The molecule has 1 aliphatic rings. The van der Waals surface area contributed by atoms with E-state index in [1.165, 1.54) is 12.8 Å². The number of benzene rings is 1. The molecule has 2 rings (SSSR count). The minimum atomic E-state index is -0.430. The molecule has 0 radical (unpaired) electrons. The van der Waals surface area contributed by atoms with Crippen LogP contribution in [0.5, 0.6) is 5.75 Å². The summed E-state index contributed by atoms with van der Waals surface area (Å²) in [6.45, 7) is 0.953. The second kappa shape index (κ2) is 6.87. The standard InChI is InChI=1S/C14H17N3O3/c15-7-1-2-8-20-14-6-3-11(9-13(14)17(18)19)10-16-12-4-5-12/h3,6,9,12,16H,1-2,4-5,8,10H2. The van der Waals surface area contributed by atoms with Crippen molar-refractivity contribution in [3.05, 3.63) is 33.9 Å².